The molecule has 2 aromatic heterocycles. The summed E-state index contributed by atoms with van der Waals surface area (Å²) in [6, 6.07) is 7.72. The van der Waals surface area contributed by atoms with Crippen molar-refractivity contribution in [2.45, 2.75) is 38.1 Å². The van der Waals surface area contributed by atoms with E-state index in [-0.39, 0.29) is 17.6 Å². The van der Waals surface area contributed by atoms with Gasteiger partial charge in [0.1, 0.15) is 0 Å². The van der Waals surface area contributed by atoms with Crippen LogP contribution >= 0.6 is 0 Å². The molecule has 1 amide bonds. The SMILES string of the molecule is CN1CCN(C(=O)c2ccc(-c3cnc4[nH]c(=O)n(C5CCCCC5)c4n3)cc2)CC1. The van der Waals surface area contributed by atoms with Gasteiger partial charge in [0.2, 0.25) is 0 Å². The maximum absolute atomic E-state index is 12.8. The van der Waals surface area contributed by atoms with Gasteiger partial charge in [-0.05, 0) is 32.0 Å². The standard InChI is InChI=1S/C23H28N6O2/c1-27-11-13-28(14-12-27)22(30)17-9-7-16(8-10-17)19-15-24-20-21(25-19)29(23(31)26-20)18-5-3-2-4-6-18/h7-10,15,18H,2-6,11-14H2,1H3,(H,24,26,31). The number of aromatic nitrogens is 4. The zero-order chi connectivity index (χ0) is 21.4. The number of benzene rings is 1. The van der Waals surface area contributed by atoms with Crippen LogP contribution in [0.2, 0.25) is 0 Å². The second-order valence-corrected chi connectivity index (χ2v) is 8.69. The van der Waals surface area contributed by atoms with Gasteiger partial charge in [-0.15, -0.1) is 0 Å². The number of imidazole rings is 1. The van der Waals surface area contributed by atoms with Gasteiger partial charge in [-0.3, -0.25) is 14.3 Å². The number of rotatable bonds is 3. The third kappa shape index (κ3) is 3.87. The first-order valence-electron chi connectivity index (χ1n) is 11.2. The van der Waals surface area contributed by atoms with Gasteiger partial charge >= 0.3 is 5.69 Å². The molecule has 1 aliphatic heterocycles. The first-order chi connectivity index (χ1) is 15.1. The fraction of sp³-hybridized carbons (Fsp3) is 0.478. The highest BCUT2D eigenvalue weighted by Crippen LogP contribution is 2.29. The lowest BCUT2D eigenvalue weighted by atomic mass is 9.95. The van der Waals surface area contributed by atoms with Crippen LogP contribution < -0.4 is 5.69 Å². The van der Waals surface area contributed by atoms with E-state index in [2.05, 4.69) is 21.9 Å². The topological polar surface area (TPSA) is 87.1 Å². The van der Waals surface area contributed by atoms with Crippen molar-refractivity contribution in [2.24, 2.45) is 0 Å². The normalized spacial score (nSPS) is 18.5. The third-order valence-corrected chi connectivity index (χ3v) is 6.58. The van der Waals surface area contributed by atoms with Crippen LogP contribution in [0, 0.1) is 0 Å². The van der Waals surface area contributed by atoms with Gasteiger partial charge in [0.15, 0.2) is 11.3 Å². The van der Waals surface area contributed by atoms with Crippen molar-refractivity contribution in [3.8, 4) is 11.3 Å². The quantitative estimate of drug-likeness (QED) is 0.704. The highest BCUT2D eigenvalue weighted by atomic mass is 16.2. The van der Waals surface area contributed by atoms with Crippen molar-refractivity contribution in [1.82, 2.24) is 29.3 Å². The number of nitrogens with one attached hydrogen (secondary N) is 1. The Hall–Kier alpha value is -3.00. The molecule has 8 heteroatoms. The number of H-pyrrole nitrogens is 1. The summed E-state index contributed by atoms with van der Waals surface area (Å²) < 4.78 is 1.79. The monoisotopic (exact) mass is 420 g/mol. The molecule has 2 fully saturated rings. The lowest BCUT2D eigenvalue weighted by Crippen LogP contribution is -2.47. The largest absolute Gasteiger partial charge is 0.336 e. The average molecular weight is 421 g/mol. The molecule has 162 valence electrons. The molecule has 0 radical (unpaired) electrons. The Labute approximate surface area is 180 Å². The van der Waals surface area contributed by atoms with Gasteiger partial charge in [-0.1, -0.05) is 31.4 Å². The number of nitrogens with zero attached hydrogens (tertiary/aromatic N) is 5. The number of carbonyl (C=O) groups is 1. The number of hydrogen-bond donors (Lipinski definition) is 1. The van der Waals surface area contributed by atoms with E-state index in [1.807, 2.05) is 29.2 Å². The van der Waals surface area contributed by atoms with Crippen LogP contribution in [0.25, 0.3) is 22.6 Å². The number of piperazine rings is 1. The number of carbonyl (C=O) groups excluding carboxylic acids is 1. The zero-order valence-corrected chi connectivity index (χ0v) is 17.9. The Balaban J connectivity index is 1.41. The predicted molar refractivity (Wildman–Crippen MR) is 119 cm³/mol. The molecule has 1 N–H and O–H groups in total. The van der Waals surface area contributed by atoms with Crippen LogP contribution in [-0.4, -0.2) is 68.5 Å². The van der Waals surface area contributed by atoms with E-state index in [0.29, 0.717) is 22.6 Å². The summed E-state index contributed by atoms with van der Waals surface area (Å²) >= 11 is 0. The smallest absolute Gasteiger partial charge is 0.329 e. The van der Waals surface area contributed by atoms with E-state index in [1.165, 1.54) is 6.42 Å². The van der Waals surface area contributed by atoms with Gasteiger partial charge in [0, 0.05) is 43.3 Å². The second kappa shape index (κ2) is 8.26. The van der Waals surface area contributed by atoms with E-state index < -0.39 is 0 Å². The van der Waals surface area contributed by atoms with Gasteiger partial charge in [0.05, 0.1) is 11.9 Å². The molecule has 1 saturated carbocycles. The minimum atomic E-state index is -0.132. The van der Waals surface area contributed by atoms with Gasteiger partial charge < -0.3 is 9.80 Å². The highest BCUT2D eigenvalue weighted by Gasteiger charge is 2.22. The van der Waals surface area contributed by atoms with Crippen molar-refractivity contribution in [3.63, 3.8) is 0 Å². The summed E-state index contributed by atoms with van der Waals surface area (Å²) in [7, 11) is 2.08. The minimum absolute atomic E-state index is 0.0676. The van der Waals surface area contributed by atoms with Crippen LogP contribution in [0.4, 0.5) is 0 Å². The molecular weight excluding hydrogens is 392 g/mol. The minimum Gasteiger partial charge on any atom is -0.336 e. The van der Waals surface area contributed by atoms with Crippen LogP contribution in [0.1, 0.15) is 48.5 Å². The number of hydrogen-bond acceptors (Lipinski definition) is 5. The van der Waals surface area contributed by atoms with Crippen molar-refractivity contribution < 1.29 is 4.79 Å². The summed E-state index contributed by atoms with van der Waals surface area (Å²) in [5.41, 5.74) is 3.28. The van der Waals surface area contributed by atoms with Gasteiger partial charge in [-0.25, -0.2) is 14.8 Å². The number of aromatic amines is 1. The number of amides is 1. The number of likely N-dealkylation sites (N-methyl/N-ethyl adjacent to an activating group) is 1. The molecule has 1 aliphatic carbocycles. The molecule has 0 atom stereocenters. The first kappa shape index (κ1) is 19.9. The molecule has 8 nitrogen and oxygen atoms in total. The molecule has 0 unspecified atom stereocenters. The maximum atomic E-state index is 12.8. The third-order valence-electron chi connectivity index (χ3n) is 6.58. The summed E-state index contributed by atoms with van der Waals surface area (Å²) in [6.07, 6.45) is 7.19. The summed E-state index contributed by atoms with van der Waals surface area (Å²) in [5.74, 6) is 0.0676. The van der Waals surface area contributed by atoms with Crippen molar-refractivity contribution >= 4 is 17.2 Å². The fourth-order valence-corrected chi connectivity index (χ4v) is 4.69. The molecule has 1 saturated heterocycles. The van der Waals surface area contributed by atoms with E-state index in [9.17, 15) is 9.59 Å². The maximum Gasteiger partial charge on any atom is 0.329 e. The molecular formula is C23H28N6O2. The number of fused-ring (bicyclic) bond motifs is 1. The fourth-order valence-electron chi connectivity index (χ4n) is 4.69. The molecule has 2 aliphatic rings. The summed E-state index contributed by atoms with van der Waals surface area (Å²) in [4.78, 5) is 41.6. The Morgan fingerprint density at radius 1 is 1.03 bits per heavy atom. The Bertz CT molecular complexity index is 1140. The van der Waals surface area contributed by atoms with Crippen molar-refractivity contribution in [1.29, 1.82) is 0 Å². The van der Waals surface area contributed by atoms with E-state index >= 15 is 0 Å². The van der Waals surface area contributed by atoms with Gasteiger partial charge in [0.25, 0.3) is 5.91 Å². The summed E-state index contributed by atoms with van der Waals surface area (Å²) in [6.45, 7) is 3.31. The second-order valence-electron chi connectivity index (χ2n) is 8.69. The van der Waals surface area contributed by atoms with Crippen molar-refractivity contribution in [3.05, 3.63) is 46.5 Å². The van der Waals surface area contributed by atoms with Crippen LogP contribution in [0.15, 0.2) is 35.3 Å². The van der Waals surface area contributed by atoms with Crippen LogP contribution in [-0.2, 0) is 0 Å². The first-order valence-corrected chi connectivity index (χ1v) is 11.2. The average Bonchev–Trinajstić information content (AvgIpc) is 3.14. The Kier molecular flexibility index (Phi) is 5.31. The molecule has 3 aromatic rings. The van der Waals surface area contributed by atoms with Crippen LogP contribution in [0.3, 0.4) is 0 Å². The van der Waals surface area contributed by atoms with E-state index in [1.54, 1.807) is 10.8 Å². The van der Waals surface area contributed by atoms with Crippen LogP contribution in [0.5, 0.6) is 0 Å². The van der Waals surface area contributed by atoms with E-state index in [4.69, 9.17) is 4.98 Å². The molecule has 0 spiro atoms. The van der Waals surface area contributed by atoms with E-state index in [0.717, 1.165) is 57.4 Å². The van der Waals surface area contributed by atoms with Gasteiger partial charge in [-0.2, -0.15) is 0 Å². The summed E-state index contributed by atoms with van der Waals surface area (Å²) in [5, 5.41) is 0. The highest BCUT2D eigenvalue weighted by molar-refractivity contribution is 5.94. The molecule has 31 heavy (non-hydrogen) atoms. The lowest BCUT2D eigenvalue weighted by molar-refractivity contribution is 0.0664. The Morgan fingerprint density at radius 3 is 2.45 bits per heavy atom. The predicted octanol–water partition coefficient (Wildman–Crippen LogP) is 2.68. The molecule has 0 bridgehead atoms. The lowest BCUT2D eigenvalue weighted by Gasteiger charge is -2.32. The molecule has 5 rings (SSSR count). The molecule has 1 aromatic carbocycles. The Morgan fingerprint density at radius 2 is 1.74 bits per heavy atom. The zero-order valence-electron chi connectivity index (χ0n) is 17.9. The molecule has 3 heterocycles. The van der Waals surface area contributed by atoms with Crippen molar-refractivity contribution in [2.75, 3.05) is 33.2 Å².